The van der Waals surface area contributed by atoms with E-state index in [1.807, 2.05) is 6.92 Å². The minimum atomic E-state index is -0.783. The van der Waals surface area contributed by atoms with Crippen molar-refractivity contribution in [1.29, 1.82) is 0 Å². The van der Waals surface area contributed by atoms with Crippen molar-refractivity contribution < 1.29 is 19.4 Å². The first-order valence-electron chi connectivity index (χ1n) is 6.73. The van der Waals surface area contributed by atoms with Crippen molar-refractivity contribution in [3.63, 3.8) is 0 Å². The summed E-state index contributed by atoms with van der Waals surface area (Å²) in [7, 11) is 0. The van der Waals surface area contributed by atoms with Crippen molar-refractivity contribution in [3.8, 4) is 0 Å². The van der Waals surface area contributed by atoms with Gasteiger partial charge in [-0.1, -0.05) is 6.92 Å². The Morgan fingerprint density at radius 3 is 2.78 bits per heavy atom. The summed E-state index contributed by atoms with van der Waals surface area (Å²) >= 11 is 0. The van der Waals surface area contributed by atoms with Crippen LogP contribution in [0.1, 0.15) is 39.0 Å². The van der Waals surface area contributed by atoms with Gasteiger partial charge in [0.2, 0.25) is 0 Å². The summed E-state index contributed by atoms with van der Waals surface area (Å²) in [4.78, 5) is 25.4. The Morgan fingerprint density at radius 1 is 1.44 bits per heavy atom. The molecule has 2 fully saturated rings. The van der Waals surface area contributed by atoms with Gasteiger partial charge < -0.3 is 14.7 Å². The number of amides is 1. The quantitative estimate of drug-likeness (QED) is 0.824. The number of carboxylic acids is 1. The molecule has 0 aromatic carbocycles. The van der Waals surface area contributed by atoms with Crippen LogP contribution < -0.4 is 0 Å². The fourth-order valence-corrected chi connectivity index (χ4v) is 2.91. The molecule has 102 valence electrons. The molecule has 2 heterocycles. The van der Waals surface area contributed by atoms with Crippen LogP contribution in [-0.4, -0.2) is 47.7 Å². The van der Waals surface area contributed by atoms with Crippen molar-refractivity contribution in [3.05, 3.63) is 0 Å². The lowest BCUT2D eigenvalue weighted by Crippen LogP contribution is -2.52. The molecule has 0 radical (unpaired) electrons. The molecule has 0 aromatic heterocycles. The Hall–Kier alpha value is -1.10. The number of carboxylic acid groups (broad SMARTS) is 1. The summed E-state index contributed by atoms with van der Waals surface area (Å²) < 4.78 is 5.39. The van der Waals surface area contributed by atoms with E-state index in [1.54, 1.807) is 4.90 Å². The van der Waals surface area contributed by atoms with E-state index >= 15 is 0 Å². The van der Waals surface area contributed by atoms with Crippen molar-refractivity contribution in [2.24, 2.45) is 5.41 Å². The third kappa shape index (κ3) is 2.36. The lowest BCUT2D eigenvalue weighted by Gasteiger charge is -2.40. The molecule has 0 aromatic rings. The van der Waals surface area contributed by atoms with E-state index in [2.05, 4.69) is 0 Å². The van der Waals surface area contributed by atoms with E-state index in [4.69, 9.17) is 4.74 Å². The minimum Gasteiger partial charge on any atom is -0.481 e. The van der Waals surface area contributed by atoms with Crippen molar-refractivity contribution in [2.75, 3.05) is 19.7 Å². The lowest BCUT2D eigenvalue weighted by atomic mass is 9.77. The van der Waals surface area contributed by atoms with Crippen LogP contribution in [0.3, 0.4) is 0 Å². The number of ether oxygens (including phenoxy) is 1. The molecule has 2 unspecified atom stereocenters. The van der Waals surface area contributed by atoms with Gasteiger partial charge in [0.05, 0.1) is 5.41 Å². The van der Waals surface area contributed by atoms with Gasteiger partial charge >= 0.3 is 5.97 Å². The normalized spacial score (nSPS) is 32.5. The Balaban J connectivity index is 2.05. The first-order chi connectivity index (χ1) is 8.59. The first-order valence-corrected chi connectivity index (χ1v) is 6.73. The highest BCUT2D eigenvalue weighted by molar-refractivity contribution is 5.83. The van der Waals surface area contributed by atoms with Crippen LogP contribution in [0.4, 0.5) is 0 Å². The third-order valence-corrected chi connectivity index (χ3v) is 4.22. The Kier molecular flexibility index (Phi) is 3.90. The predicted octanol–water partition coefficient (Wildman–Crippen LogP) is 1.27. The number of rotatable bonds is 3. The summed E-state index contributed by atoms with van der Waals surface area (Å²) in [6.07, 6.45) is 3.33. The molecule has 2 aliphatic heterocycles. The molecule has 2 rings (SSSR count). The molecule has 2 atom stereocenters. The molecule has 2 saturated heterocycles. The van der Waals surface area contributed by atoms with Crippen molar-refractivity contribution >= 4 is 11.9 Å². The number of likely N-dealkylation sites (tertiary alicyclic amines) is 1. The summed E-state index contributed by atoms with van der Waals surface area (Å²) in [5.41, 5.74) is -0.757. The number of carbonyl (C=O) groups excluding carboxylic acids is 1. The number of hydrogen-bond acceptors (Lipinski definition) is 3. The Bertz CT molecular complexity index is 338. The number of carbonyl (C=O) groups is 2. The van der Waals surface area contributed by atoms with Crippen LogP contribution in [0.15, 0.2) is 0 Å². The van der Waals surface area contributed by atoms with Gasteiger partial charge in [0.25, 0.3) is 5.91 Å². The second-order valence-corrected chi connectivity index (χ2v) is 5.30. The van der Waals surface area contributed by atoms with Crippen LogP contribution in [0, 0.1) is 5.41 Å². The smallest absolute Gasteiger partial charge is 0.311 e. The van der Waals surface area contributed by atoms with Gasteiger partial charge in [-0.3, -0.25) is 9.59 Å². The molecule has 0 saturated carbocycles. The fraction of sp³-hybridized carbons (Fsp3) is 0.846. The van der Waals surface area contributed by atoms with Crippen molar-refractivity contribution in [1.82, 2.24) is 4.90 Å². The van der Waals surface area contributed by atoms with Crippen LogP contribution in [0.25, 0.3) is 0 Å². The number of hydrogen-bond donors (Lipinski definition) is 1. The molecular weight excluding hydrogens is 234 g/mol. The first kappa shape index (κ1) is 13.3. The van der Waals surface area contributed by atoms with Gasteiger partial charge in [0.15, 0.2) is 0 Å². The lowest BCUT2D eigenvalue weighted by molar-refractivity contribution is -0.157. The van der Waals surface area contributed by atoms with Gasteiger partial charge in [-0.15, -0.1) is 0 Å². The van der Waals surface area contributed by atoms with Crippen LogP contribution in [-0.2, 0) is 14.3 Å². The highest BCUT2D eigenvalue weighted by Crippen LogP contribution is 2.34. The Labute approximate surface area is 107 Å². The zero-order valence-electron chi connectivity index (χ0n) is 10.9. The van der Waals surface area contributed by atoms with E-state index in [0.29, 0.717) is 32.5 Å². The molecule has 5 nitrogen and oxygen atoms in total. The molecule has 0 spiro atoms. The summed E-state index contributed by atoms with van der Waals surface area (Å²) in [6.45, 7) is 3.52. The number of aliphatic carboxylic acids is 1. The SMILES string of the molecule is CCC1(C(=O)O)CCCN(C(=O)C2CCCO2)C1. The molecule has 0 bridgehead atoms. The molecule has 5 heteroatoms. The summed E-state index contributed by atoms with van der Waals surface area (Å²) in [5.74, 6) is -0.805. The average molecular weight is 255 g/mol. The van der Waals surface area contributed by atoms with Crippen molar-refractivity contribution in [2.45, 2.75) is 45.1 Å². The summed E-state index contributed by atoms with van der Waals surface area (Å²) in [6, 6.07) is 0. The maximum absolute atomic E-state index is 12.2. The van der Waals surface area contributed by atoms with E-state index in [1.165, 1.54) is 0 Å². The van der Waals surface area contributed by atoms with Gasteiger partial charge in [-0.25, -0.2) is 0 Å². The highest BCUT2D eigenvalue weighted by atomic mass is 16.5. The summed E-state index contributed by atoms with van der Waals surface area (Å²) in [5, 5.41) is 9.38. The molecule has 1 N–H and O–H groups in total. The maximum atomic E-state index is 12.2. The number of piperidine rings is 1. The van der Waals surface area contributed by atoms with Crippen LogP contribution in [0.2, 0.25) is 0 Å². The van der Waals surface area contributed by atoms with E-state index in [0.717, 1.165) is 19.3 Å². The standard InChI is InChI=1S/C13H21NO4/c1-2-13(12(16)17)6-4-7-14(9-13)11(15)10-5-3-8-18-10/h10H,2-9H2,1H3,(H,16,17). The van der Waals surface area contributed by atoms with Gasteiger partial charge in [-0.05, 0) is 32.1 Å². The Morgan fingerprint density at radius 2 is 2.22 bits per heavy atom. The molecular formula is C13H21NO4. The molecule has 1 amide bonds. The minimum absolute atomic E-state index is 0.0220. The van der Waals surface area contributed by atoms with Crippen LogP contribution >= 0.6 is 0 Å². The number of nitrogens with zero attached hydrogens (tertiary/aromatic N) is 1. The monoisotopic (exact) mass is 255 g/mol. The topological polar surface area (TPSA) is 66.8 Å². The van der Waals surface area contributed by atoms with Gasteiger partial charge in [0.1, 0.15) is 6.10 Å². The molecule has 0 aliphatic carbocycles. The third-order valence-electron chi connectivity index (χ3n) is 4.22. The predicted molar refractivity (Wildman–Crippen MR) is 65.1 cm³/mol. The fourth-order valence-electron chi connectivity index (χ4n) is 2.91. The van der Waals surface area contributed by atoms with E-state index in [9.17, 15) is 14.7 Å². The maximum Gasteiger partial charge on any atom is 0.311 e. The van der Waals surface area contributed by atoms with E-state index < -0.39 is 11.4 Å². The zero-order chi connectivity index (χ0) is 13.2. The van der Waals surface area contributed by atoms with Gasteiger partial charge in [-0.2, -0.15) is 0 Å². The average Bonchev–Trinajstić information content (AvgIpc) is 2.91. The molecule has 2 aliphatic rings. The highest BCUT2D eigenvalue weighted by Gasteiger charge is 2.43. The second kappa shape index (κ2) is 5.26. The molecule has 18 heavy (non-hydrogen) atoms. The zero-order valence-corrected chi connectivity index (χ0v) is 10.9. The second-order valence-electron chi connectivity index (χ2n) is 5.30. The van der Waals surface area contributed by atoms with Gasteiger partial charge in [0, 0.05) is 19.7 Å². The largest absolute Gasteiger partial charge is 0.481 e. The van der Waals surface area contributed by atoms with E-state index in [-0.39, 0.29) is 12.0 Å². The van der Waals surface area contributed by atoms with Crippen LogP contribution in [0.5, 0.6) is 0 Å².